The van der Waals surface area contributed by atoms with Crippen molar-refractivity contribution in [2.24, 2.45) is 11.5 Å². The first-order chi connectivity index (χ1) is 16.2. The lowest BCUT2D eigenvalue weighted by atomic mass is 10.1. The van der Waals surface area contributed by atoms with Crippen LogP contribution in [0.4, 0.5) is 9.18 Å². The number of nitrogens with two attached hydrogens (primary N) is 2. The van der Waals surface area contributed by atoms with E-state index in [1.165, 1.54) is 0 Å². The van der Waals surface area contributed by atoms with Crippen LogP contribution in [0.25, 0.3) is 21.8 Å². The molecule has 10 heteroatoms. The van der Waals surface area contributed by atoms with Gasteiger partial charge in [-0.15, -0.1) is 0 Å². The van der Waals surface area contributed by atoms with E-state index in [9.17, 15) is 4.39 Å². The maximum Gasteiger partial charge on any atom is 0.402 e. The Labute approximate surface area is 194 Å². The van der Waals surface area contributed by atoms with E-state index in [4.69, 9.17) is 29.8 Å². The first kappa shape index (κ1) is 23.1. The molecule has 6 N–H and O–H groups in total. The predicted octanol–water partition coefficient (Wildman–Crippen LogP) is 4.46. The van der Waals surface area contributed by atoms with Crippen molar-refractivity contribution in [2.75, 3.05) is 13.7 Å². The van der Waals surface area contributed by atoms with Crippen LogP contribution in [0.3, 0.4) is 0 Å². The second-order valence-electron chi connectivity index (χ2n) is 8.21. The molecule has 0 bridgehead atoms. The molecule has 2 aromatic heterocycles. The molecule has 1 aliphatic rings. The third-order valence-corrected chi connectivity index (χ3v) is 5.45. The largest absolute Gasteiger partial charge is 0.493 e. The Bertz CT molecular complexity index is 1360. The lowest BCUT2D eigenvalue weighted by Gasteiger charge is -2.16. The Hall–Kier alpha value is -4.05. The molecule has 0 radical (unpaired) electrons. The smallest absolute Gasteiger partial charge is 0.402 e. The molecule has 4 aromatic rings. The number of benzene rings is 2. The second-order valence-corrected chi connectivity index (χ2v) is 8.21. The summed E-state index contributed by atoms with van der Waals surface area (Å²) in [5.74, 6) is 1.33. The molecule has 1 fully saturated rings. The van der Waals surface area contributed by atoms with Crippen molar-refractivity contribution in [3.63, 3.8) is 0 Å². The van der Waals surface area contributed by atoms with Gasteiger partial charge in [-0.3, -0.25) is 4.98 Å². The van der Waals surface area contributed by atoms with Crippen molar-refractivity contribution >= 4 is 27.9 Å². The fourth-order valence-electron chi connectivity index (χ4n) is 3.50. The fraction of sp³-hybridized carbons (Fsp3) is 0.250. The summed E-state index contributed by atoms with van der Waals surface area (Å²) in [6, 6.07) is 10.5. The Morgan fingerprint density at radius 2 is 1.88 bits per heavy atom. The quantitative estimate of drug-likeness (QED) is 0.327. The number of aromatic amines is 1. The lowest BCUT2D eigenvalue weighted by Crippen LogP contribution is -2.29. The molecule has 5 rings (SSSR count). The van der Waals surface area contributed by atoms with E-state index >= 15 is 0 Å². The van der Waals surface area contributed by atoms with Crippen molar-refractivity contribution in [1.29, 1.82) is 0 Å². The van der Waals surface area contributed by atoms with Gasteiger partial charge in [0.15, 0.2) is 23.1 Å². The summed E-state index contributed by atoms with van der Waals surface area (Å²) in [6.07, 6.45) is 2.20. The number of pyridine rings is 1. The van der Waals surface area contributed by atoms with Gasteiger partial charge in [-0.2, -0.15) is 0 Å². The molecular formula is C24H25FN4O5. The molecule has 0 unspecified atom stereocenters. The van der Waals surface area contributed by atoms with Crippen LogP contribution in [0.5, 0.6) is 23.0 Å². The summed E-state index contributed by atoms with van der Waals surface area (Å²) in [6.45, 7) is 2.31. The number of carboxylic acid groups (broad SMARTS) is 1. The molecule has 9 nitrogen and oxygen atoms in total. The van der Waals surface area contributed by atoms with Crippen molar-refractivity contribution in [2.45, 2.75) is 25.3 Å². The summed E-state index contributed by atoms with van der Waals surface area (Å²) < 4.78 is 32.3. The van der Waals surface area contributed by atoms with Gasteiger partial charge in [0, 0.05) is 34.2 Å². The number of aryl methyl sites for hydroxylation is 1. The number of nitrogens with one attached hydrogen (secondary N) is 1. The number of carbonyl (C=O) groups is 1. The standard InChI is InChI=1S/C23H22FN3O3.CH3NO2/c1-13-9-15-16(27-13)3-4-19(22(15)24)30-18-5-8-26-17-11-21(20(28-2)10-14(17)18)29-12-23(25)6-7-23;2-1(3)4/h3-5,8-11,27H,6-7,12,25H2,1-2H3;2H2,(H,3,4). The lowest BCUT2D eigenvalue weighted by molar-refractivity contribution is 0.205. The minimum atomic E-state index is -1.33. The van der Waals surface area contributed by atoms with Gasteiger partial charge in [0.2, 0.25) is 0 Å². The highest BCUT2D eigenvalue weighted by atomic mass is 19.1. The molecule has 1 aliphatic carbocycles. The van der Waals surface area contributed by atoms with Crippen molar-refractivity contribution < 1.29 is 28.5 Å². The molecule has 1 saturated carbocycles. The molecule has 0 aliphatic heterocycles. The average molecular weight is 468 g/mol. The van der Waals surface area contributed by atoms with Crippen LogP contribution in [-0.4, -0.2) is 40.4 Å². The highest BCUT2D eigenvalue weighted by Crippen LogP contribution is 2.40. The van der Waals surface area contributed by atoms with Crippen LogP contribution >= 0.6 is 0 Å². The molecule has 0 spiro atoms. The number of nitrogens with zero attached hydrogens (tertiary/aromatic N) is 1. The van der Waals surface area contributed by atoms with Crippen LogP contribution in [0.1, 0.15) is 18.5 Å². The molecular weight excluding hydrogens is 443 g/mol. The van der Waals surface area contributed by atoms with Crippen LogP contribution < -0.4 is 25.7 Å². The van der Waals surface area contributed by atoms with Gasteiger partial charge in [0.05, 0.1) is 18.2 Å². The molecule has 2 heterocycles. The number of primary amides is 1. The SMILES string of the molecule is COc1cc2c(Oc3ccc4[nH]c(C)cc4c3F)ccnc2cc1OCC1(N)CC1.NC(=O)O. The van der Waals surface area contributed by atoms with Crippen LogP contribution in [0.2, 0.25) is 0 Å². The second kappa shape index (κ2) is 9.06. The number of hydrogen-bond acceptors (Lipinski definition) is 6. The summed E-state index contributed by atoms with van der Waals surface area (Å²) in [7, 11) is 1.57. The fourth-order valence-corrected chi connectivity index (χ4v) is 3.50. The number of methoxy groups -OCH3 is 1. The molecule has 178 valence electrons. The predicted molar refractivity (Wildman–Crippen MR) is 125 cm³/mol. The third-order valence-electron chi connectivity index (χ3n) is 5.45. The summed E-state index contributed by atoms with van der Waals surface area (Å²) in [5.41, 5.74) is 12.2. The van der Waals surface area contributed by atoms with Gasteiger partial charge in [0.25, 0.3) is 0 Å². The van der Waals surface area contributed by atoms with Crippen LogP contribution in [0.15, 0.2) is 42.6 Å². The monoisotopic (exact) mass is 468 g/mol. The highest BCUT2D eigenvalue weighted by molar-refractivity contribution is 5.89. The van der Waals surface area contributed by atoms with Gasteiger partial charge in [-0.05, 0) is 50.1 Å². The number of amides is 1. The molecule has 0 atom stereocenters. The molecule has 1 amide bonds. The third kappa shape index (κ3) is 4.96. The Morgan fingerprint density at radius 1 is 1.15 bits per heavy atom. The minimum Gasteiger partial charge on any atom is -0.493 e. The van der Waals surface area contributed by atoms with Gasteiger partial charge < -0.3 is 35.8 Å². The summed E-state index contributed by atoms with van der Waals surface area (Å²) >= 11 is 0. The molecule has 2 aromatic carbocycles. The number of aromatic nitrogens is 2. The van der Waals surface area contributed by atoms with Crippen LogP contribution in [0, 0.1) is 12.7 Å². The van der Waals surface area contributed by atoms with E-state index in [1.54, 1.807) is 49.7 Å². The maximum absolute atomic E-state index is 15.0. The van der Waals surface area contributed by atoms with E-state index in [0.29, 0.717) is 40.1 Å². The van der Waals surface area contributed by atoms with E-state index in [-0.39, 0.29) is 11.3 Å². The van der Waals surface area contributed by atoms with E-state index in [2.05, 4.69) is 15.7 Å². The minimum absolute atomic E-state index is 0.145. The first-order valence-corrected chi connectivity index (χ1v) is 10.5. The number of halogens is 1. The Balaban J connectivity index is 0.000000636. The average Bonchev–Trinajstić information content (AvgIpc) is 3.40. The van der Waals surface area contributed by atoms with E-state index < -0.39 is 11.9 Å². The van der Waals surface area contributed by atoms with Crippen molar-refractivity contribution in [3.8, 4) is 23.0 Å². The number of ether oxygens (including phenoxy) is 3. The van der Waals surface area contributed by atoms with Gasteiger partial charge in [-0.1, -0.05) is 0 Å². The van der Waals surface area contributed by atoms with Gasteiger partial charge in [0.1, 0.15) is 12.4 Å². The highest BCUT2D eigenvalue weighted by Gasteiger charge is 2.39. The van der Waals surface area contributed by atoms with Crippen molar-refractivity contribution in [3.05, 3.63) is 54.1 Å². The summed E-state index contributed by atoms with van der Waals surface area (Å²) in [4.78, 5) is 16.3. The zero-order valence-corrected chi connectivity index (χ0v) is 18.7. The number of hydrogen-bond donors (Lipinski definition) is 4. The zero-order chi connectivity index (χ0) is 24.5. The zero-order valence-electron chi connectivity index (χ0n) is 18.7. The summed E-state index contributed by atoms with van der Waals surface area (Å²) in [5, 5.41) is 8.38. The first-order valence-electron chi connectivity index (χ1n) is 10.5. The van der Waals surface area contributed by atoms with Gasteiger partial charge >= 0.3 is 6.09 Å². The van der Waals surface area contributed by atoms with Crippen LogP contribution in [-0.2, 0) is 0 Å². The maximum atomic E-state index is 15.0. The molecule has 34 heavy (non-hydrogen) atoms. The molecule has 0 saturated heterocycles. The normalized spacial score (nSPS) is 13.8. The topological polar surface area (TPSA) is 146 Å². The van der Waals surface area contributed by atoms with Gasteiger partial charge in [-0.25, -0.2) is 9.18 Å². The van der Waals surface area contributed by atoms with E-state index in [0.717, 1.165) is 24.1 Å². The van der Waals surface area contributed by atoms with E-state index in [1.807, 2.05) is 6.92 Å². The number of rotatable bonds is 6. The Kier molecular flexibility index (Phi) is 6.16. The number of fused-ring (bicyclic) bond motifs is 2. The Morgan fingerprint density at radius 3 is 2.56 bits per heavy atom. The van der Waals surface area contributed by atoms with Crippen molar-refractivity contribution in [1.82, 2.24) is 9.97 Å². The number of H-pyrrole nitrogens is 1.